The molecule has 98 valence electrons. The lowest BCUT2D eigenvalue weighted by Crippen LogP contribution is -2.13. The third kappa shape index (κ3) is 2.95. The summed E-state index contributed by atoms with van der Waals surface area (Å²) in [5.41, 5.74) is 1.34. The minimum Gasteiger partial charge on any atom is -0.504 e. The number of aromatic hydroxyl groups is 2. The predicted molar refractivity (Wildman–Crippen MR) is 71.7 cm³/mol. The number of amides is 1. The van der Waals surface area contributed by atoms with Gasteiger partial charge in [-0.25, -0.2) is 4.98 Å². The van der Waals surface area contributed by atoms with E-state index in [2.05, 4.69) is 10.3 Å². The van der Waals surface area contributed by atoms with Crippen molar-refractivity contribution >= 4 is 23.2 Å². The Labute approximate surface area is 114 Å². The van der Waals surface area contributed by atoms with Crippen LogP contribution in [0.3, 0.4) is 0 Å². The zero-order valence-electron chi connectivity index (χ0n) is 10.0. The molecule has 0 aliphatic carbocycles. The van der Waals surface area contributed by atoms with Crippen molar-refractivity contribution in [1.29, 1.82) is 0 Å². The Morgan fingerprint density at radius 3 is 2.58 bits per heavy atom. The Morgan fingerprint density at radius 1 is 1.21 bits per heavy atom. The van der Waals surface area contributed by atoms with Crippen molar-refractivity contribution in [2.45, 2.75) is 6.92 Å². The van der Waals surface area contributed by atoms with Gasteiger partial charge in [0.15, 0.2) is 11.5 Å². The maximum atomic E-state index is 12.0. The normalized spacial score (nSPS) is 10.2. The topological polar surface area (TPSA) is 82.5 Å². The lowest BCUT2D eigenvalue weighted by Gasteiger charge is -2.08. The number of phenolic OH excluding ortho intramolecular Hbond substituents is 2. The molecule has 1 heterocycles. The molecule has 1 aromatic heterocycles. The molecule has 2 aromatic rings. The number of nitrogens with one attached hydrogen (secondary N) is 1. The highest BCUT2D eigenvalue weighted by atomic mass is 35.5. The summed E-state index contributed by atoms with van der Waals surface area (Å²) in [6.07, 6.45) is 0. The van der Waals surface area contributed by atoms with Crippen LogP contribution in [0.25, 0.3) is 0 Å². The second-order valence-electron chi connectivity index (χ2n) is 3.92. The van der Waals surface area contributed by atoms with Crippen LogP contribution in [0.5, 0.6) is 11.5 Å². The van der Waals surface area contributed by atoms with Crippen LogP contribution in [0, 0.1) is 6.92 Å². The van der Waals surface area contributed by atoms with E-state index in [1.165, 1.54) is 18.2 Å². The second kappa shape index (κ2) is 5.16. The van der Waals surface area contributed by atoms with Crippen molar-refractivity contribution in [2.24, 2.45) is 0 Å². The number of hydrogen-bond acceptors (Lipinski definition) is 4. The zero-order chi connectivity index (χ0) is 14.0. The molecular weight excluding hydrogens is 268 g/mol. The van der Waals surface area contributed by atoms with Gasteiger partial charge in [0.25, 0.3) is 5.91 Å². The SMILES string of the molecule is Cc1nc(Cl)ccc1NC(=O)c1ccc(O)c(O)c1. The molecule has 0 bridgehead atoms. The maximum absolute atomic E-state index is 12.0. The number of carbonyl (C=O) groups is 1. The number of aryl methyl sites for hydroxylation is 1. The van der Waals surface area contributed by atoms with Gasteiger partial charge in [-0.3, -0.25) is 4.79 Å². The fourth-order valence-electron chi connectivity index (χ4n) is 1.52. The van der Waals surface area contributed by atoms with Crippen molar-refractivity contribution in [1.82, 2.24) is 4.98 Å². The van der Waals surface area contributed by atoms with Crippen LogP contribution in [0.2, 0.25) is 5.15 Å². The second-order valence-corrected chi connectivity index (χ2v) is 4.31. The van der Waals surface area contributed by atoms with Crippen molar-refractivity contribution in [3.05, 3.63) is 46.7 Å². The first-order valence-corrected chi connectivity index (χ1v) is 5.81. The third-order valence-electron chi connectivity index (χ3n) is 2.54. The smallest absolute Gasteiger partial charge is 0.255 e. The molecule has 0 unspecified atom stereocenters. The minimum atomic E-state index is -0.414. The number of halogens is 1. The Kier molecular flexibility index (Phi) is 3.57. The first kappa shape index (κ1) is 13.2. The Balaban J connectivity index is 2.23. The van der Waals surface area contributed by atoms with E-state index < -0.39 is 5.91 Å². The monoisotopic (exact) mass is 278 g/mol. The van der Waals surface area contributed by atoms with Gasteiger partial charge < -0.3 is 15.5 Å². The summed E-state index contributed by atoms with van der Waals surface area (Å²) in [4.78, 5) is 16.0. The van der Waals surface area contributed by atoms with Gasteiger partial charge in [-0.05, 0) is 37.3 Å². The highest BCUT2D eigenvalue weighted by Gasteiger charge is 2.10. The minimum absolute atomic E-state index is 0.227. The summed E-state index contributed by atoms with van der Waals surface area (Å²) in [6.45, 7) is 1.72. The van der Waals surface area contributed by atoms with Crippen LogP contribution in [0.15, 0.2) is 30.3 Å². The Morgan fingerprint density at radius 2 is 1.95 bits per heavy atom. The van der Waals surface area contributed by atoms with Crippen LogP contribution in [-0.4, -0.2) is 21.1 Å². The van der Waals surface area contributed by atoms with Gasteiger partial charge in [0.05, 0.1) is 11.4 Å². The van der Waals surface area contributed by atoms with E-state index in [9.17, 15) is 15.0 Å². The molecule has 0 atom stereocenters. The maximum Gasteiger partial charge on any atom is 0.255 e. The summed E-state index contributed by atoms with van der Waals surface area (Å²) >= 11 is 5.72. The molecule has 0 aliphatic rings. The van der Waals surface area contributed by atoms with Crippen LogP contribution in [0.1, 0.15) is 16.1 Å². The summed E-state index contributed by atoms with van der Waals surface area (Å²) in [7, 11) is 0. The molecule has 1 aromatic carbocycles. The standard InChI is InChI=1S/C13H11ClN2O3/c1-7-9(3-5-12(14)15-7)16-13(19)8-2-4-10(17)11(18)6-8/h2-6,17-18H,1H3,(H,16,19). The molecule has 0 radical (unpaired) electrons. The van der Waals surface area contributed by atoms with Crippen molar-refractivity contribution in [3.63, 3.8) is 0 Å². The van der Waals surface area contributed by atoms with Crippen LogP contribution in [0.4, 0.5) is 5.69 Å². The van der Waals surface area contributed by atoms with Gasteiger partial charge in [0.1, 0.15) is 5.15 Å². The summed E-state index contributed by atoms with van der Waals surface area (Å²) in [6, 6.07) is 7.05. The fourth-order valence-corrected chi connectivity index (χ4v) is 1.71. The first-order chi connectivity index (χ1) is 8.97. The first-order valence-electron chi connectivity index (χ1n) is 5.44. The number of pyridine rings is 1. The largest absolute Gasteiger partial charge is 0.504 e. The van der Waals surface area contributed by atoms with Gasteiger partial charge in [-0.1, -0.05) is 11.6 Å². The lowest BCUT2D eigenvalue weighted by atomic mass is 10.2. The number of rotatable bonds is 2. The molecule has 0 fully saturated rings. The number of carbonyl (C=O) groups excluding carboxylic acids is 1. The zero-order valence-corrected chi connectivity index (χ0v) is 10.8. The van der Waals surface area contributed by atoms with Crippen LogP contribution in [-0.2, 0) is 0 Å². The Hall–Kier alpha value is -2.27. The van der Waals surface area contributed by atoms with Crippen molar-refractivity contribution in [3.8, 4) is 11.5 Å². The molecular formula is C13H11ClN2O3. The number of hydrogen-bond donors (Lipinski definition) is 3. The van der Waals surface area contributed by atoms with E-state index in [0.29, 0.717) is 16.5 Å². The highest BCUT2D eigenvalue weighted by Crippen LogP contribution is 2.25. The molecule has 2 rings (SSSR count). The van der Waals surface area contributed by atoms with E-state index in [1.54, 1.807) is 19.1 Å². The third-order valence-corrected chi connectivity index (χ3v) is 2.75. The van der Waals surface area contributed by atoms with Gasteiger partial charge in [0.2, 0.25) is 0 Å². The van der Waals surface area contributed by atoms with Gasteiger partial charge in [0, 0.05) is 5.56 Å². The Bertz CT molecular complexity index is 644. The lowest BCUT2D eigenvalue weighted by molar-refractivity contribution is 0.102. The molecule has 6 heteroatoms. The molecule has 0 saturated carbocycles. The van der Waals surface area contributed by atoms with Crippen molar-refractivity contribution < 1.29 is 15.0 Å². The van der Waals surface area contributed by atoms with E-state index in [0.717, 1.165) is 0 Å². The average Bonchev–Trinajstić information content (AvgIpc) is 2.36. The van der Waals surface area contributed by atoms with E-state index in [-0.39, 0.29) is 17.1 Å². The van der Waals surface area contributed by atoms with Gasteiger partial charge >= 0.3 is 0 Å². The summed E-state index contributed by atoms with van der Waals surface area (Å²) in [5, 5.41) is 21.5. The molecule has 0 saturated heterocycles. The van der Waals surface area contributed by atoms with E-state index >= 15 is 0 Å². The number of nitrogens with zero attached hydrogens (tertiary/aromatic N) is 1. The van der Waals surface area contributed by atoms with Crippen LogP contribution < -0.4 is 5.32 Å². The number of anilines is 1. The molecule has 5 nitrogen and oxygen atoms in total. The van der Waals surface area contributed by atoms with E-state index in [4.69, 9.17) is 11.6 Å². The molecule has 1 amide bonds. The summed E-state index contributed by atoms with van der Waals surface area (Å²) < 4.78 is 0. The van der Waals surface area contributed by atoms with Crippen molar-refractivity contribution in [2.75, 3.05) is 5.32 Å². The molecule has 19 heavy (non-hydrogen) atoms. The summed E-state index contributed by atoms with van der Waals surface area (Å²) in [5.74, 6) is -1.04. The molecule has 0 aliphatic heterocycles. The fraction of sp³-hybridized carbons (Fsp3) is 0.0769. The van der Waals surface area contributed by atoms with E-state index in [1.807, 2.05) is 0 Å². The quantitative estimate of drug-likeness (QED) is 0.583. The highest BCUT2D eigenvalue weighted by molar-refractivity contribution is 6.29. The molecule has 3 N–H and O–H groups in total. The number of aromatic nitrogens is 1. The van der Waals surface area contributed by atoms with Gasteiger partial charge in [-0.2, -0.15) is 0 Å². The molecule has 0 spiro atoms. The predicted octanol–water partition coefficient (Wildman–Crippen LogP) is 2.71. The number of phenols is 2. The average molecular weight is 279 g/mol. The number of benzene rings is 1. The van der Waals surface area contributed by atoms with Gasteiger partial charge in [-0.15, -0.1) is 0 Å². The van der Waals surface area contributed by atoms with Crippen LogP contribution >= 0.6 is 11.6 Å².